The molecule has 3 N–H and O–H groups in total. The number of anilines is 1. The minimum atomic E-state index is -0.433. The summed E-state index contributed by atoms with van der Waals surface area (Å²) in [4.78, 5) is 21.1. The van der Waals surface area contributed by atoms with E-state index in [2.05, 4.69) is 9.97 Å². The number of H-pyrrole nitrogens is 1. The van der Waals surface area contributed by atoms with E-state index in [0.29, 0.717) is 12.5 Å². The van der Waals surface area contributed by atoms with Crippen molar-refractivity contribution in [1.82, 2.24) is 9.97 Å². The smallest absolute Gasteiger partial charge is 0.260 e. The minimum Gasteiger partial charge on any atom is -0.341 e. The fraction of sp³-hybridized carbons (Fsp3) is 0.333. The predicted octanol–water partition coefficient (Wildman–Crippen LogP) is 1.50. The van der Waals surface area contributed by atoms with Gasteiger partial charge < -0.3 is 10.6 Å². The molecule has 0 unspecified atom stereocenters. The van der Waals surface area contributed by atoms with Crippen LogP contribution in [0.1, 0.15) is 12.8 Å². The Morgan fingerprint density at radius 1 is 1.33 bits per heavy atom. The maximum Gasteiger partial charge on any atom is 0.260 e. The van der Waals surface area contributed by atoms with Gasteiger partial charge in [-0.15, -0.1) is 0 Å². The third kappa shape index (κ3) is 2.80. The topological polar surface area (TPSA) is 75.0 Å². The summed E-state index contributed by atoms with van der Waals surface area (Å²) in [6.07, 6.45) is 3.38. The molecule has 6 heteroatoms. The summed E-state index contributed by atoms with van der Waals surface area (Å²) in [5.74, 6) is 0.0628. The molecular formula is C15H17FN4O. The molecule has 1 saturated heterocycles. The minimum absolute atomic E-state index is 0.0929. The molecule has 0 spiro atoms. The van der Waals surface area contributed by atoms with Crippen LogP contribution in [0.2, 0.25) is 0 Å². The number of hydrogen-bond acceptors (Lipinski definition) is 4. The summed E-state index contributed by atoms with van der Waals surface area (Å²) < 4.78 is 13.8. The molecule has 0 aliphatic carbocycles. The highest BCUT2D eigenvalue weighted by atomic mass is 19.1. The lowest BCUT2D eigenvalue weighted by Crippen LogP contribution is -2.44. The van der Waals surface area contributed by atoms with Crippen molar-refractivity contribution in [2.45, 2.75) is 18.9 Å². The molecule has 3 rings (SSSR count). The normalized spacial score (nSPS) is 18.8. The summed E-state index contributed by atoms with van der Waals surface area (Å²) >= 11 is 0. The number of nitrogens with one attached hydrogen (secondary N) is 1. The number of halogens is 1. The van der Waals surface area contributed by atoms with Crippen LogP contribution < -0.4 is 16.2 Å². The van der Waals surface area contributed by atoms with E-state index in [9.17, 15) is 9.18 Å². The molecule has 1 aromatic heterocycles. The van der Waals surface area contributed by atoms with Gasteiger partial charge in [0.2, 0.25) is 5.95 Å². The highest BCUT2D eigenvalue weighted by molar-refractivity contribution is 5.62. The summed E-state index contributed by atoms with van der Waals surface area (Å²) in [6.45, 7) is 1.48. The monoisotopic (exact) mass is 288 g/mol. The number of rotatable bonds is 2. The van der Waals surface area contributed by atoms with Crippen molar-refractivity contribution in [3.05, 3.63) is 46.6 Å². The molecule has 110 valence electrons. The number of nitrogens with zero attached hydrogens (tertiary/aromatic N) is 2. The zero-order valence-corrected chi connectivity index (χ0v) is 11.6. The van der Waals surface area contributed by atoms with Gasteiger partial charge in [0.15, 0.2) is 0 Å². The van der Waals surface area contributed by atoms with Gasteiger partial charge in [0.1, 0.15) is 5.82 Å². The van der Waals surface area contributed by atoms with Crippen molar-refractivity contribution in [3.63, 3.8) is 0 Å². The van der Waals surface area contributed by atoms with E-state index in [4.69, 9.17) is 5.73 Å². The quantitative estimate of drug-likeness (QED) is 0.878. The molecular weight excluding hydrogens is 271 g/mol. The first-order valence-corrected chi connectivity index (χ1v) is 7.00. The number of hydrogen-bond donors (Lipinski definition) is 2. The fourth-order valence-electron chi connectivity index (χ4n) is 2.62. The molecule has 1 aliphatic rings. The third-order valence-corrected chi connectivity index (χ3v) is 3.71. The Kier molecular flexibility index (Phi) is 3.70. The van der Waals surface area contributed by atoms with Crippen molar-refractivity contribution in [2.75, 3.05) is 18.0 Å². The summed E-state index contributed by atoms with van der Waals surface area (Å²) in [6, 6.07) is 6.26. The molecule has 0 bridgehead atoms. The number of piperidine rings is 1. The second-order valence-electron chi connectivity index (χ2n) is 5.28. The van der Waals surface area contributed by atoms with Crippen molar-refractivity contribution in [3.8, 4) is 11.1 Å². The summed E-state index contributed by atoms with van der Waals surface area (Å²) in [5, 5.41) is 0. The van der Waals surface area contributed by atoms with Crippen LogP contribution in [0.5, 0.6) is 0 Å². The second kappa shape index (κ2) is 5.65. The van der Waals surface area contributed by atoms with Crippen molar-refractivity contribution < 1.29 is 4.39 Å². The first-order chi connectivity index (χ1) is 10.1. The van der Waals surface area contributed by atoms with Gasteiger partial charge in [-0.05, 0) is 18.9 Å². The lowest BCUT2D eigenvalue weighted by Gasteiger charge is -2.31. The first kappa shape index (κ1) is 13.8. The van der Waals surface area contributed by atoms with E-state index in [1.165, 1.54) is 12.3 Å². The predicted molar refractivity (Wildman–Crippen MR) is 79.7 cm³/mol. The molecule has 1 atom stereocenters. The summed E-state index contributed by atoms with van der Waals surface area (Å²) in [5.41, 5.74) is 6.08. The Hall–Kier alpha value is -2.21. The van der Waals surface area contributed by atoms with Gasteiger partial charge in [-0.3, -0.25) is 9.78 Å². The van der Waals surface area contributed by atoms with E-state index in [1.807, 2.05) is 4.90 Å². The second-order valence-corrected chi connectivity index (χ2v) is 5.28. The molecule has 2 aromatic rings. The van der Waals surface area contributed by atoms with E-state index in [1.54, 1.807) is 18.2 Å². The zero-order chi connectivity index (χ0) is 14.8. The van der Waals surface area contributed by atoms with E-state index in [-0.39, 0.29) is 22.7 Å². The van der Waals surface area contributed by atoms with Gasteiger partial charge >= 0.3 is 0 Å². The van der Waals surface area contributed by atoms with Gasteiger partial charge in [-0.2, -0.15) is 0 Å². The number of aromatic nitrogens is 2. The van der Waals surface area contributed by atoms with Crippen LogP contribution in [0.25, 0.3) is 11.1 Å². The fourth-order valence-corrected chi connectivity index (χ4v) is 2.62. The van der Waals surface area contributed by atoms with E-state index in [0.717, 1.165) is 19.4 Å². The number of aromatic amines is 1. The molecule has 0 radical (unpaired) electrons. The van der Waals surface area contributed by atoms with Crippen LogP contribution in [0, 0.1) is 5.82 Å². The maximum absolute atomic E-state index is 13.8. The standard InChI is InChI=1S/C15H17FN4O/c16-13-6-2-1-5-11(13)12-8-18-15(19-14(12)21)20-7-3-4-10(17)9-20/h1-2,5-6,8,10H,3-4,7,9,17H2,(H,18,19,21)/t10-/m1/s1. The molecule has 0 saturated carbocycles. The van der Waals surface area contributed by atoms with Crippen LogP contribution in [0.3, 0.4) is 0 Å². The van der Waals surface area contributed by atoms with Gasteiger partial charge in [-0.1, -0.05) is 18.2 Å². The Labute approximate surface area is 121 Å². The average molecular weight is 288 g/mol. The van der Waals surface area contributed by atoms with Crippen LogP contribution in [-0.2, 0) is 0 Å². The lowest BCUT2D eigenvalue weighted by atomic mass is 10.1. The zero-order valence-electron chi connectivity index (χ0n) is 11.6. The number of benzene rings is 1. The average Bonchev–Trinajstić information content (AvgIpc) is 2.48. The van der Waals surface area contributed by atoms with E-state index >= 15 is 0 Å². The molecule has 0 amide bonds. The van der Waals surface area contributed by atoms with Crippen LogP contribution in [0.4, 0.5) is 10.3 Å². The highest BCUT2D eigenvalue weighted by Gasteiger charge is 2.19. The van der Waals surface area contributed by atoms with E-state index < -0.39 is 5.82 Å². The molecule has 2 heterocycles. The van der Waals surface area contributed by atoms with Crippen LogP contribution in [0.15, 0.2) is 35.3 Å². The Balaban J connectivity index is 1.93. The number of nitrogens with two attached hydrogens (primary N) is 1. The lowest BCUT2D eigenvalue weighted by molar-refractivity contribution is 0.499. The van der Waals surface area contributed by atoms with Crippen molar-refractivity contribution in [2.24, 2.45) is 5.73 Å². The van der Waals surface area contributed by atoms with Crippen molar-refractivity contribution in [1.29, 1.82) is 0 Å². The Morgan fingerprint density at radius 2 is 2.14 bits per heavy atom. The Bertz CT molecular complexity index is 700. The third-order valence-electron chi connectivity index (χ3n) is 3.71. The SMILES string of the molecule is N[C@@H]1CCCN(c2ncc(-c3ccccc3F)c(=O)[nH]2)C1. The van der Waals surface area contributed by atoms with Gasteiger partial charge in [0, 0.05) is 30.9 Å². The molecule has 1 aromatic carbocycles. The van der Waals surface area contributed by atoms with Gasteiger partial charge in [-0.25, -0.2) is 9.37 Å². The molecule has 1 fully saturated rings. The van der Waals surface area contributed by atoms with Crippen LogP contribution in [-0.4, -0.2) is 29.1 Å². The Morgan fingerprint density at radius 3 is 2.86 bits per heavy atom. The molecule has 1 aliphatic heterocycles. The van der Waals surface area contributed by atoms with Gasteiger partial charge in [0.05, 0.1) is 5.56 Å². The molecule has 21 heavy (non-hydrogen) atoms. The molecule has 5 nitrogen and oxygen atoms in total. The first-order valence-electron chi connectivity index (χ1n) is 7.00. The largest absolute Gasteiger partial charge is 0.341 e. The highest BCUT2D eigenvalue weighted by Crippen LogP contribution is 2.20. The van der Waals surface area contributed by atoms with Crippen molar-refractivity contribution >= 4 is 5.95 Å². The summed E-state index contributed by atoms with van der Waals surface area (Å²) in [7, 11) is 0. The van der Waals surface area contributed by atoms with Crippen LogP contribution >= 0.6 is 0 Å². The maximum atomic E-state index is 13.8. The van der Waals surface area contributed by atoms with Gasteiger partial charge in [0.25, 0.3) is 5.56 Å².